The van der Waals surface area contributed by atoms with Gasteiger partial charge in [-0.15, -0.1) is 0 Å². The van der Waals surface area contributed by atoms with Crippen molar-refractivity contribution in [2.24, 2.45) is 0 Å². The molecule has 63 nitrogen and oxygen atoms in total. The van der Waals surface area contributed by atoms with Crippen LogP contribution in [0.2, 0.25) is 0 Å². The molecule has 63 heteroatoms. The van der Waals surface area contributed by atoms with Gasteiger partial charge >= 0.3 is 5.97 Å². The van der Waals surface area contributed by atoms with Crippen LogP contribution in [0.15, 0.2) is 0 Å². The van der Waals surface area contributed by atoms with Crippen LogP contribution in [0.3, 0.4) is 0 Å². The predicted molar refractivity (Wildman–Crippen MR) is 436 cm³/mol. The van der Waals surface area contributed by atoms with Gasteiger partial charge in [0.25, 0.3) is 5.79 Å². The van der Waals surface area contributed by atoms with Crippen molar-refractivity contribution in [2.75, 3.05) is 66.1 Å². The molecule has 11 rings (SSSR count). The molecule has 11 saturated heterocycles. The molecule has 0 aromatic rings. The van der Waals surface area contributed by atoms with Crippen LogP contribution in [-0.4, -0.2) is 603 Å². The fourth-order valence-corrected chi connectivity index (χ4v) is 18.4. The molecule has 1 unspecified atom stereocenters. The van der Waals surface area contributed by atoms with Crippen molar-refractivity contribution < 1.29 is 287 Å². The summed E-state index contributed by atoms with van der Waals surface area (Å²) in [6.45, 7) is -6.14. The van der Waals surface area contributed by atoms with Crippen LogP contribution in [0, 0.1) is 0 Å². The van der Waals surface area contributed by atoms with Crippen molar-refractivity contribution in [3.05, 3.63) is 0 Å². The molecule has 0 aromatic carbocycles. The van der Waals surface area contributed by atoms with E-state index in [0.29, 0.717) is 0 Å². The first kappa shape index (κ1) is 117. The Morgan fingerprint density at radius 2 is 0.620 bits per heavy atom. The summed E-state index contributed by atoms with van der Waals surface area (Å²) in [6.07, 6.45) is -111. The number of aliphatic carboxylic acids is 1. The Balaban J connectivity index is 0.920. The van der Waals surface area contributed by atoms with Crippen molar-refractivity contribution in [3.63, 3.8) is 0 Å². The lowest BCUT2D eigenvalue weighted by atomic mass is 9.88. The highest BCUT2D eigenvalue weighted by molar-refractivity contribution is 5.77. The van der Waals surface area contributed by atoms with Crippen molar-refractivity contribution >= 4 is 35.5 Å². The number of nitrogens with one attached hydrogen (secondary N) is 5. The minimum absolute atomic E-state index is 0.840. The van der Waals surface area contributed by atoms with Gasteiger partial charge in [0.2, 0.25) is 29.5 Å². The molecule has 0 saturated carbocycles. The molecular formula is C79H131N5O58. The van der Waals surface area contributed by atoms with Crippen LogP contribution in [0.25, 0.3) is 0 Å². The summed E-state index contributed by atoms with van der Waals surface area (Å²) >= 11 is 0. The number of amides is 5. The molecule has 11 aliphatic heterocycles. The van der Waals surface area contributed by atoms with E-state index in [0.717, 1.165) is 34.6 Å². The fourth-order valence-electron chi connectivity index (χ4n) is 18.4. The van der Waals surface area contributed by atoms with Gasteiger partial charge in [-0.25, -0.2) is 4.79 Å². The number of rotatable bonds is 38. The molecular weight excluding hydrogens is 1950 g/mol. The normalized spacial score (nSPS) is 48.0. The Bertz CT molecular complexity index is 4010. The van der Waals surface area contributed by atoms with Crippen LogP contribution in [0.1, 0.15) is 48.0 Å². The molecule has 820 valence electrons. The first-order chi connectivity index (χ1) is 67.0. The third kappa shape index (κ3) is 25.8. The number of aliphatic hydroxyl groups excluding tert-OH is 30. The summed E-state index contributed by atoms with van der Waals surface area (Å²) in [5.74, 6) is -10.4. The second kappa shape index (κ2) is 50.6. The number of carboxylic acid groups (broad SMARTS) is 1. The molecule has 0 bridgehead atoms. The summed E-state index contributed by atoms with van der Waals surface area (Å²) in [6, 6.07) is -9.82. The first-order valence-corrected chi connectivity index (χ1v) is 45.1. The topological polar surface area (TPSA) is 984 Å². The van der Waals surface area contributed by atoms with Gasteiger partial charge in [0.1, 0.15) is 256 Å². The first-order valence-electron chi connectivity index (χ1n) is 45.1. The third-order valence-corrected chi connectivity index (χ3v) is 25.9. The Morgan fingerprint density at radius 1 is 0.303 bits per heavy atom. The molecule has 36 N–H and O–H groups in total. The average molecular weight is 2080 g/mol. The van der Waals surface area contributed by atoms with Gasteiger partial charge in [-0.1, -0.05) is 0 Å². The monoisotopic (exact) mass is 2080 g/mol. The van der Waals surface area contributed by atoms with Crippen LogP contribution in [0.5, 0.6) is 0 Å². The second-order valence-corrected chi connectivity index (χ2v) is 36.0. The van der Waals surface area contributed by atoms with E-state index in [1.54, 1.807) is 0 Å². The van der Waals surface area contributed by atoms with E-state index in [4.69, 9.17) is 99.5 Å². The lowest BCUT2D eigenvalue weighted by Gasteiger charge is -2.51. The van der Waals surface area contributed by atoms with Gasteiger partial charge < -0.3 is 284 Å². The van der Waals surface area contributed by atoms with E-state index in [1.807, 2.05) is 0 Å². The zero-order valence-corrected chi connectivity index (χ0v) is 76.4. The summed E-state index contributed by atoms with van der Waals surface area (Å²) in [7, 11) is 0. The van der Waals surface area contributed by atoms with Crippen LogP contribution < -0.4 is 26.6 Å². The van der Waals surface area contributed by atoms with Crippen molar-refractivity contribution in [2.45, 2.75) is 391 Å². The molecule has 5 amide bonds. The van der Waals surface area contributed by atoms with E-state index < -0.39 is 451 Å². The van der Waals surface area contributed by atoms with Gasteiger partial charge in [-0.05, 0) is 6.92 Å². The van der Waals surface area contributed by atoms with E-state index in [9.17, 15) is 187 Å². The van der Waals surface area contributed by atoms with E-state index in [2.05, 4.69) is 26.6 Å². The average Bonchev–Trinajstić information content (AvgIpc) is 0.572. The number of aliphatic hydroxyl groups is 30. The SMILES string of the molecule is CC(=O)N[C@@H]1[C@H](O[C@@H]2[C@@H](O[C@@H]3[C@H](O)[C@H](O[C@H]4[C@H](O)[C@@H](NC(C)=O)[C@H](O[C@H]5[C@H](O)[C@@H](NC(C)=O)C(O)O[C@@H]5CO[C@@H]5O[C@@H](C)[C@@H](O)[C@@H](O)[C@@H]5O)O[C@@H]4CO)O[C@H](CO[C@H]4O[C@H](CO)[C@@H](O)[C@H](O)[C@@H]4O[C@@H]4O[C@H](CO)[C@@H](O[C@@H]5O[C@H](CO)[C@H](O)[C@H](O)[C@H]5O)[C@H](O)[C@H]4NC(C)=O)[C@H]3O)O[C@H](CO)[C@@H](O)[C@@H]2O)O[C@H](CO)[C@@H](O[C@@H]2O[C@H](CO)[C@H](O)[C@H](O[C@]3(C(=O)O)C[C@H](O)[C@@H](NC(C)=O)[C@H]([C@@H](O)[C@H](O)CO)O3)[C@H]2O)[C@@H]1O. The zero-order valence-electron chi connectivity index (χ0n) is 76.4. The largest absolute Gasteiger partial charge is 0.477 e. The number of hydrogen-bond acceptors (Lipinski definition) is 57. The minimum Gasteiger partial charge on any atom is -0.477 e. The van der Waals surface area contributed by atoms with Crippen LogP contribution >= 0.6 is 0 Å². The Morgan fingerprint density at radius 3 is 1.06 bits per heavy atom. The predicted octanol–water partition coefficient (Wildman–Crippen LogP) is -24.0. The maximum Gasteiger partial charge on any atom is 0.364 e. The molecule has 142 heavy (non-hydrogen) atoms. The minimum atomic E-state index is -3.35. The molecule has 11 heterocycles. The van der Waals surface area contributed by atoms with Gasteiger partial charge in [0.15, 0.2) is 62.9 Å². The number of hydrogen-bond donors (Lipinski definition) is 36. The highest BCUT2D eigenvalue weighted by Gasteiger charge is 2.65. The second-order valence-electron chi connectivity index (χ2n) is 36.0. The molecule has 0 aliphatic carbocycles. The number of carboxylic acids is 1. The van der Waals surface area contributed by atoms with Crippen molar-refractivity contribution in [1.82, 2.24) is 26.6 Å². The van der Waals surface area contributed by atoms with E-state index in [1.165, 1.54) is 6.92 Å². The fraction of sp³-hybridized carbons (Fsp3) is 0.924. The summed E-state index contributed by atoms with van der Waals surface area (Å²) in [5, 5.41) is 361. The number of ether oxygens (including phenoxy) is 21. The smallest absolute Gasteiger partial charge is 0.364 e. The molecule has 11 fully saturated rings. The van der Waals surface area contributed by atoms with E-state index >= 15 is 0 Å². The maximum absolute atomic E-state index is 13.4. The highest BCUT2D eigenvalue weighted by atomic mass is 16.8. The van der Waals surface area contributed by atoms with Crippen LogP contribution in [-0.2, 0) is 128 Å². The van der Waals surface area contributed by atoms with Crippen molar-refractivity contribution in [1.29, 1.82) is 0 Å². The van der Waals surface area contributed by atoms with Crippen molar-refractivity contribution in [3.8, 4) is 0 Å². The zero-order chi connectivity index (χ0) is 105. The quantitative estimate of drug-likeness (QED) is 0.0273. The third-order valence-electron chi connectivity index (χ3n) is 25.9. The number of carbonyl (C=O) groups is 6. The Kier molecular flexibility index (Phi) is 41.7. The van der Waals surface area contributed by atoms with Gasteiger partial charge in [-0.2, -0.15) is 0 Å². The molecule has 56 atom stereocenters. The standard InChI is InChI=1S/C79H131N5O58/c1-18-40(100)51(111)55(115)72(124-18)122-17-34-62(47(107)36(68(119)125-34)81-20(3)94)134-69-37(82-21(4)95)48(108)60(31(14-91)130-69)136-74-57(117)64(46(106)33(133-74)16-123-76-66(53(113)43(103)27(10-87)128-76)139-70-38(83-22(5)96)49(109)59(30(13-90)131-70)135-73-56(116)52(112)42(102)26(9-86)126-73)138-77-67(54(114)44(104)28(11-88)129-77)140-71-39(84-23(6)97)50(110)61(32(15-92)132-71)137-75-58(118)65(45(105)29(12-89)127-75)142-79(78(120)121)7-24(98)35(80-19(2)93)63(141-79)41(101)25(99)8-85/h18,24-77,85-92,98-119H,7-17H2,1-6H3,(H,80,93)(H,81,94)(H,82,95)(H,83,96)(H,84,97)(H,120,121)/t18-,24-,25+,26+,27+,28+,29+,30+,31+,32+,33+,34+,35+,36+,37+,38+,39-,40+,41-,42-,43+,44+,45-,46+,47+,48+,49+,50+,51+,52-,53-,54-,55-,56+,57-,58+,59+,60+,61+,62+,63+,64-,65-,66-,67-,68?,69-,70-,71-,72+,73-,74-,75-,76-,77+,79-/m0/s1. The molecule has 0 radical (unpaired) electrons. The maximum atomic E-state index is 13.4. The van der Waals surface area contributed by atoms with Gasteiger partial charge in [0, 0.05) is 41.0 Å². The molecule has 0 aromatic heterocycles. The summed E-state index contributed by atoms with van der Waals surface area (Å²) in [5.41, 5.74) is 0. The lowest BCUT2D eigenvalue weighted by molar-refractivity contribution is -0.401. The Labute approximate surface area is 803 Å². The summed E-state index contributed by atoms with van der Waals surface area (Å²) in [4.78, 5) is 77.9. The van der Waals surface area contributed by atoms with E-state index in [-0.39, 0.29) is 0 Å². The number of carbonyl (C=O) groups excluding carboxylic acids is 5. The molecule has 0 spiro atoms. The Hall–Kier alpha value is -5.22. The van der Waals surface area contributed by atoms with Crippen LogP contribution in [0.4, 0.5) is 0 Å². The van der Waals surface area contributed by atoms with Gasteiger partial charge in [-0.3, -0.25) is 24.0 Å². The summed E-state index contributed by atoms with van der Waals surface area (Å²) < 4.78 is 125. The molecule has 11 aliphatic rings. The highest BCUT2D eigenvalue weighted by Crippen LogP contribution is 2.44. The lowest BCUT2D eigenvalue weighted by Crippen LogP contribution is -2.71. The van der Waals surface area contributed by atoms with Gasteiger partial charge in [0.05, 0.1) is 84.3 Å².